The van der Waals surface area contributed by atoms with Gasteiger partial charge in [-0.15, -0.1) is 0 Å². The van der Waals surface area contributed by atoms with Gasteiger partial charge in [-0.2, -0.15) is 0 Å². The summed E-state index contributed by atoms with van der Waals surface area (Å²) >= 11 is 0. The maximum Gasteiger partial charge on any atom is 0.140 e. The number of allylic oxidation sites excluding steroid dienone is 8. The van der Waals surface area contributed by atoms with Gasteiger partial charge in [0.15, 0.2) is 0 Å². The first kappa shape index (κ1) is 29.9. The smallest absolute Gasteiger partial charge is 0.140 e. The molecule has 9 rings (SSSR count). The normalized spacial score (nSPS) is 14.1. The zero-order valence-electron chi connectivity index (χ0n) is 28.3. The molecule has 50 heavy (non-hydrogen) atoms. The Kier molecular flexibility index (Phi) is 7.36. The molecular formula is C48H36N2. The molecule has 0 unspecified atom stereocenters. The van der Waals surface area contributed by atoms with E-state index in [1.54, 1.807) is 0 Å². The number of imidazole rings is 1. The van der Waals surface area contributed by atoms with Crippen molar-refractivity contribution in [2.45, 2.75) is 13.3 Å². The molecule has 0 N–H and O–H groups in total. The Labute approximate surface area is 292 Å². The molecule has 238 valence electrons. The third-order valence-corrected chi connectivity index (χ3v) is 10.1. The summed E-state index contributed by atoms with van der Waals surface area (Å²) in [6.45, 7) is 2.07. The molecule has 2 nitrogen and oxygen atoms in total. The van der Waals surface area contributed by atoms with E-state index in [9.17, 15) is 0 Å². The van der Waals surface area contributed by atoms with E-state index in [1.807, 2.05) is 6.07 Å². The van der Waals surface area contributed by atoms with E-state index in [2.05, 4.69) is 182 Å². The van der Waals surface area contributed by atoms with Crippen LogP contribution in [0.5, 0.6) is 0 Å². The summed E-state index contributed by atoms with van der Waals surface area (Å²) in [5, 5.41) is 7.54. The monoisotopic (exact) mass is 640 g/mol. The van der Waals surface area contributed by atoms with E-state index < -0.39 is 0 Å². The van der Waals surface area contributed by atoms with Crippen molar-refractivity contribution in [3.05, 3.63) is 181 Å². The number of rotatable bonds is 5. The van der Waals surface area contributed by atoms with Crippen LogP contribution >= 0.6 is 0 Å². The second-order valence-electron chi connectivity index (χ2n) is 13.2. The number of benzene rings is 7. The molecule has 0 saturated carbocycles. The molecule has 7 aromatic carbocycles. The number of fused-ring (bicyclic) bond motifs is 4. The molecule has 1 aliphatic carbocycles. The third kappa shape index (κ3) is 5.09. The predicted octanol–water partition coefficient (Wildman–Crippen LogP) is 12.9. The van der Waals surface area contributed by atoms with Crippen LogP contribution in [0, 0.1) is 0 Å². The van der Waals surface area contributed by atoms with Crippen LogP contribution in [0.1, 0.15) is 18.9 Å². The van der Waals surface area contributed by atoms with E-state index in [0.29, 0.717) is 0 Å². The topological polar surface area (TPSA) is 17.8 Å². The quantitative estimate of drug-likeness (QED) is 0.171. The largest absolute Gasteiger partial charge is 0.327 e. The van der Waals surface area contributed by atoms with Crippen LogP contribution in [0.25, 0.3) is 82.6 Å². The van der Waals surface area contributed by atoms with Crippen molar-refractivity contribution in [2.24, 2.45) is 7.05 Å². The van der Waals surface area contributed by atoms with Crippen molar-refractivity contribution in [1.82, 2.24) is 9.55 Å². The SMILES string of the molecule is C/C=C\C=C1\C=C(c2c3ccccc3c(-c3ccc4ccccc4c3)c3cc(-c4ccc(-c5nc6ccccc6n5C)cc4)ccc23)C=CC1. The van der Waals surface area contributed by atoms with Crippen LogP contribution in [-0.4, -0.2) is 9.55 Å². The van der Waals surface area contributed by atoms with Crippen molar-refractivity contribution >= 4 is 48.9 Å². The van der Waals surface area contributed by atoms with E-state index in [0.717, 1.165) is 28.8 Å². The van der Waals surface area contributed by atoms with Gasteiger partial charge in [0.05, 0.1) is 11.0 Å². The zero-order chi connectivity index (χ0) is 33.6. The van der Waals surface area contributed by atoms with E-state index in [4.69, 9.17) is 4.98 Å². The zero-order valence-corrected chi connectivity index (χ0v) is 28.3. The van der Waals surface area contributed by atoms with Crippen LogP contribution < -0.4 is 0 Å². The molecule has 1 heterocycles. The first-order valence-electron chi connectivity index (χ1n) is 17.4. The first-order chi connectivity index (χ1) is 24.7. The Balaban J connectivity index is 1.27. The highest BCUT2D eigenvalue weighted by Crippen LogP contribution is 2.45. The summed E-state index contributed by atoms with van der Waals surface area (Å²) in [5.41, 5.74) is 12.0. The van der Waals surface area contributed by atoms with Crippen LogP contribution in [0.4, 0.5) is 0 Å². The third-order valence-electron chi connectivity index (χ3n) is 10.1. The molecule has 1 aromatic heterocycles. The Morgan fingerprint density at radius 2 is 1.28 bits per heavy atom. The standard InChI is InChI=1S/C48H36N2/c1-3-4-12-32-13-11-16-38(29-32)46-40-17-7-8-18-41(40)47(39-26-23-33-14-5-6-15-36(33)30-39)43-31-37(27-28-42(43)46)34-21-24-35(25-22-34)48-49-44-19-9-10-20-45(44)50(48)2/h3-12,14-31H,13H2,1-2H3/b4-3-,32-12+. The second-order valence-corrected chi connectivity index (χ2v) is 13.2. The van der Waals surface area contributed by atoms with Crippen LogP contribution in [0.2, 0.25) is 0 Å². The van der Waals surface area contributed by atoms with Crippen LogP contribution in [-0.2, 0) is 7.05 Å². The number of hydrogen-bond donors (Lipinski definition) is 0. The maximum atomic E-state index is 4.94. The molecule has 0 saturated heterocycles. The van der Waals surface area contributed by atoms with Gasteiger partial charge in [0.2, 0.25) is 0 Å². The molecule has 0 fully saturated rings. The van der Waals surface area contributed by atoms with Gasteiger partial charge in [0, 0.05) is 12.6 Å². The van der Waals surface area contributed by atoms with Crippen LogP contribution in [0.15, 0.2) is 175 Å². The minimum Gasteiger partial charge on any atom is -0.327 e. The Bertz CT molecular complexity index is 2730. The molecule has 0 spiro atoms. The average molecular weight is 641 g/mol. The fraction of sp³-hybridized carbons (Fsp3) is 0.0625. The molecule has 0 amide bonds. The van der Waals surface area contributed by atoms with Crippen molar-refractivity contribution in [2.75, 3.05) is 0 Å². The number of para-hydroxylation sites is 2. The van der Waals surface area contributed by atoms with Gasteiger partial charge in [-0.3, -0.25) is 0 Å². The lowest BCUT2D eigenvalue weighted by molar-refractivity contribution is 0.959. The average Bonchev–Trinajstić information content (AvgIpc) is 3.51. The highest BCUT2D eigenvalue weighted by atomic mass is 15.1. The molecule has 0 atom stereocenters. The summed E-state index contributed by atoms with van der Waals surface area (Å²) in [6.07, 6.45) is 14.4. The molecule has 0 radical (unpaired) electrons. The van der Waals surface area contributed by atoms with E-state index in [1.165, 1.54) is 71.3 Å². The van der Waals surface area contributed by atoms with E-state index >= 15 is 0 Å². The highest BCUT2D eigenvalue weighted by molar-refractivity contribution is 6.20. The number of aromatic nitrogens is 2. The molecule has 0 aliphatic heterocycles. The van der Waals surface area contributed by atoms with Gasteiger partial charge in [-0.05, 0) is 109 Å². The van der Waals surface area contributed by atoms with Gasteiger partial charge >= 0.3 is 0 Å². The second kappa shape index (κ2) is 12.3. The number of hydrogen-bond acceptors (Lipinski definition) is 1. The van der Waals surface area contributed by atoms with Crippen molar-refractivity contribution in [1.29, 1.82) is 0 Å². The van der Waals surface area contributed by atoms with Gasteiger partial charge in [0.25, 0.3) is 0 Å². The van der Waals surface area contributed by atoms with E-state index in [-0.39, 0.29) is 0 Å². The molecule has 8 aromatic rings. The minimum atomic E-state index is 0.938. The number of aryl methyl sites for hydroxylation is 1. The first-order valence-corrected chi connectivity index (χ1v) is 17.4. The summed E-state index contributed by atoms with van der Waals surface area (Å²) in [4.78, 5) is 4.94. The lowest BCUT2D eigenvalue weighted by Gasteiger charge is -2.20. The Morgan fingerprint density at radius 1 is 0.600 bits per heavy atom. The Morgan fingerprint density at radius 3 is 2.10 bits per heavy atom. The lowest BCUT2D eigenvalue weighted by Crippen LogP contribution is -1.96. The fourth-order valence-corrected chi connectivity index (χ4v) is 7.66. The summed E-state index contributed by atoms with van der Waals surface area (Å²) < 4.78 is 2.18. The van der Waals surface area contributed by atoms with Gasteiger partial charge in [-0.1, -0.05) is 146 Å². The summed E-state index contributed by atoms with van der Waals surface area (Å²) in [7, 11) is 2.09. The van der Waals surface area contributed by atoms with Crippen LogP contribution in [0.3, 0.4) is 0 Å². The van der Waals surface area contributed by atoms with Crippen molar-refractivity contribution in [3.8, 4) is 33.6 Å². The van der Waals surface area contributed by atoms with Gasteiger partial charge in [-0.25, -0.2) is 4.98 Å². The van der Waals surface area contributed by atoms with Crippen molar-refractivity contribution < 1.29 is 0 Å². The van der Waals surface area contributed by atoms with Crippen molar-refractivity contribution in [3.63, 3.8) is 0 Å². The summed E-state index contributed by atoms with van der Waals surface area (Å²) in [6, 6.07) is 48.7. The predicted molar refractivity (Wildman–Crippen MR) is 214 cm³/mol. The molecule has 2 heteroatoms. The van der Waals surface area contributed by atoms with Gasteiger partial charge < -0.3 is 4.57 Å². The Hall–Kier alpha value is -6.25. The molecular weight excluding hydrogens is 605 g/mol. The summed E-state index contributed by atoms with van der Waals surface area (Å²) in [5.74, 6) is 0.975. The lowest BCUT2D eigenvalue weighted by atomic mass is 9.83. The molecule has 1 aliphatic rings. The molecule has 0 bridgehead atoms. The highest BCUT2D eigenvalue weighted by Gasteiger charge is 2.19. The maximum absolute atomic E-state index is 4.94. The fourth-order valence-electron chi connectivity index (χ4n) is 7.66. The number of nitrogens with zero attached hydrogens (tertiary/aromatic N) is 2. The van der Waals surface area contributed by atoms with Gasteiger partial charge in [0.1, 0.15) is 5.82 Å². The minimum absolute atomic E-state index is 0.938.